The maximum absolute atomic E-state index is 13.5. The van der Waals surface area contributed by atoms with E-state index in [2.05, 4.69) is 13.8 Å². The van der Waals surface area contributed by atoms with Crippen LogP contribution in [0.25, 0.3) is 44.9 Å². The molecule has 5 aromatic rings. The number of rotatable bonds is 10. The summed E-state index contributed by atoms with van der Waals surface area (Å²) in [5.74, 6) is 0.766. The molecule has 7 heteroatoms. The van der Waals surface area contributed by atoms with Crippen LogP contribution in [0, 0.1) is 0 Å². The normalized spacial score (nSPS) is 12.1. The second kappa shape index (κ2) is 13.4. The molecule has 0 amide bonds. The van der Waals surface area contributed by atoms with Crippen LogP contribution < -0.4 is 0 Å². The summed E-state index contributed by atoms with van der Waals surface area (Å²) in [4.78, 5) is 0. The van der Waals surface area contributed by atoms with Crippen molar-refractivity contribution in [2.75, 3.05) is 0 Å². The first-order valence-electron chi connectivity index (χ1n) is 15.2. The number of furan rings is 1. The molecule has 0 saturated carbocycles. The summed E-state index contributed by atoms with van der Waals surface area (Å²) in [5.41, 5.74) is 4.27. The molecule has 0 radical (unpaired) electrons. The van der Waals surface area contributed by atoms with Crippen molar-refractivity contribution in [3.63, 3.8) is 0 Å². The van der Waals surface area contributed by atoms with Gasteiger partial charge in [0.2, 0.25) is 0 Å². The van der Waals surface area contributed by atoms with Crippen LogP contribution in [0.2, 0.25) is 0 Å². The van der Waals surface area contributed by atoms with Gasteiger partial charge in [-0.2, -0.15) is 26.3 Å². The molecule has 4 aromatic carbocycles. The van der Waals surface area contributed by atoms with Crippen molar-refractivity contribution >= 4 is 0 Å². The van der Waals surface area contributed by atoms with Crippen molar-refractivity contribution in [3.8, 4) is 44.9 Å². The fourth-order valence-corrected chi connectivity index (χ4v) is 5.45. The van der Waals surface area contributed by atoms with Crippen molar-refractivity contribution in [1.29, 1.82) is 0 Å². The Kier molecular flexibility index (Phi) is 9.56. The third-order valence-electron chi connectivity index (χ3n) is 7.98. The maximum atomic E-state index is 13.5. The molecule has 0 N–H and O–H groups in total. The predicted molar refractivity (Wildman–Crippen MR) is 168 cm³/mol. The van der Waals surface area contributed by atoms with Crippen molar-refractivity contribution in [2.24, 2.45) is 0 Å². The summed E-state index contributed by atoms with van der Waals surface area (Å²) in [5, 5.41) is 0. The van der Waals surface area contributed by atoms with Gasteiger partial charge in [0.15, 0.2) is 0 Å². The Balaban J connectivity index is 1.75. The van der Waals surface area contributed by atoms with Crippen LogP contribution in [0.3, 0.4) is 0 Å². The van der Waals surface area contributed by atoms with Gasteiger partial charge in [0, 0.05) is 22.3 Å². The zero-order valence-electron chi connectivity index (χ0n) is 25.2. The van der Waals surface area contributed by atoms with Crippen LogP contribution in [-0.2, 0) is 25.2 Å². The average molecular weight is 621 g/mol. The molecule has 0 saturated heterocycles. The summed E-state index contributed by atoms with van der Waals surface area (Å²) >= 11 is 0. The van der Waals surface area contributed by atoms with Crippen LogP contribution in [0.15, 0.2) is 101 Å². The van der Waals surface area contributed by atoms with Crippen molar-refractivity contribution in [3.05, 3.63) is 119 Å². The van der Waals surface area contributed by atoms with E-state index >= 15 is 0 Å². The molecule has 0 fully saturated rings. The minimum atomic E-state index is -4.52. The van der Waals surface area contributed by atoms with Gasteiger partial charge in [-0.3, -0.25) is 0 Å². The molecule has 1 heterocycles. The molecule has 1 nitrogen and oxygen atoms in total. The monoisotopic (exact) mass is 620 g/mol. The minimum Gasteiger partial charge on any atom is -0.455 e. The number of hydrogen-bond donors (Lipinski definition) is 0. The summed E-state index contributed by atoms with van der Waals surface area (Å²) in [6, 6.07) is 25.4. The van der Waals surface area contributed by atoms with Crippen molar-refractivity contribution in [2.45, 2.75) is 64.7 Å². The Hall–Kier alpha value is -4.26. The van der Waals surface area contributed by atoms with Crippen LogP contribution >= 0.6 is 0 Å². The quantitative estimate of drug-likeness (QED) is 0.142. The number of alkyl halides is 6. The molecule has 5 rings (SSSR count). The highest BCUT2D eigenvalue weighted by Gasteiger charge is 2.32. The lowest BCUT2D eigenvalue weighted by molar-refractivity contribution is -0.138. The zero-order chi connectivity index (χ0) is 32.2. The second-order valence-electron chi connectivity index (χ2n) is 11.3. The van der Waals surface area contributed by atoms with E-state index in [0.717, 1.165) is 79.5 Å². The Morgan fingerprint density at radius 2 is 0.756 bits per heavy atom. The summed E-state index contributed by atoms with van der Waals surface area (Å²) < 4.78 is 87.3. The third-order valence-corrected chi connectivity index (χ3v) is 7.98. The first-order valence-corrected chi connectivity index (χ1v) is 15.2. The van der Waals surface area contributed by atoms with E-state index in [9.17, 15) is 26.3 Å². The first-order chi connectivity index (χ1) is 21.5. The molecular formula is C38H34F6O. The van der Waals surface area contributed by atoms with Crippen molar-refractivity contribution < 1.29 is 30.8 Å². The number of halogens is 6. The van der Waals surface area contributed by atoms with Crippen LogP contribution in [0.4, 0.5) is 26.3 Å². The van der Waals surface area contributed by atoms with Gasteiger partial charge in [0.25, 0.3) is 0 Å². The Labute approximate surface area is 259 Å². The van der Waals surface area contributed by atoms with Gasteiger partial charge in [0.05, 0.1) is 11.1 Å². The lowest BCUT2D eigenvalue weighted by atomic mass is 9.90. The highest BCUT2D eigenvalue weighted by molar-refractivity contribution is 5.99. The van der Waals surface area contributed by atoms with Gasteiger partial charge >= 0.3 is 12.4 Å². The zero-order valence-corrected chi connectivity index (χ0v) is 25.2. The van der Waals surface area contributed by atoms with E-state index in [1.165, 1.54) is 29.8 Å². The maximum Gasteiger partial charge on any atom is 0.416 e. The van der Waals surface area contributed by atoms with Gasteiger partial charge in [-0.15, -0.1) is 0 Å². The van der Waals surface area contributed by atoms with Crippen LogP contribution in [-0.4, -0.2) is 0 Å². The van der Waals surface area contributed by atoms with E-state index < -0.39 is 23.5 Å². The first kappa shape index (κ1) is 32.1. The molecule has 0 bridgehead atoms. The molecule has 0 aliphatic heterocycles. The second-order valence-corrected chi connectivity index (χ2v) is 11.3. The van der Waals surface area contributed by atoms with Crippen molar-refractivity contribution in [1.82, 2.24) is 0 Å². The minimum absolute atomic E-state index is 0.276. The summed E-state index contributed by atoms with van der Waals surface area (Å²) in [6.07, 6.45) is -3.01. The molecular weight excluding hydrogens is 586 g/mol. The largest absolute Gasteiger partial charge is 0.455 e. The smallest absolute Gasteiger partial charge is 0.416 e. The Bertz CT molecular complexity index is 1690. The van der Waals surface area contributed by atoms with Gasteiger partial charge < -0.3 is 4.42 Å². The van der Waals surface area contributed by atoms with Crippen LogP contribution in [0.1, 0.15) is 61.8 Å². The van der Waals surface area contributed by atoms with E-state index in [4.69, 9.17) is 4.42 Å². The molecule has 45 heavy (non-hydrogen) atoms. The van der Waals surface area contributed by atoms with Gasteiger partial charge in [-0.1, -0.05) is 99.5 Å². The number of unbranched alkanes of at least 4 members (excludes halogenated alkanes) is 2. The Morgan fingerprint density at radius 1 is 0.444 bits per heavy atom. The molecule has 234 valence electrons. The standard InChI is InChI=1S/C38H34F6O/c1-3-5-7-25-9-13-27(14-10-25)33-34(28-17-21-31(22-18-28)37(39,40)41)36(30-19-23-32(24-20-30)38(42,43)44)45-35(33)29-15-11-26(12-16-29)8-6-4-2/h9-24H,3-8H2,1-2H3. The van der Waals surface area contributed by atoms with Gasteiger partial charge in [-0.05, 0) is 72.2 Å². The van der Waals surface area contributed by atoms with E-state index in [-0.39, 0.29) is 5.76 Å². The summed E-state index contributed by atoms with van der Waals surface area (Å²) in [7, 11) is 0. The molecule has 0 atom stereocenters. The Morgan fingerprint density at radius 3 is 1.09 bits per heavy atom. The van der Waals surface area contributed by atoms with Gasteiger partial charge in [0.1, 0.15) is 11.5 Å². The molecule has 0 spiro atoms. The highest BCUT2D eigenvalue weighted by atomic mass is 19.4. The molecule has 0 aliphatic rings. The van der Waals surface area contributed by atoms with E-state index in [0.29, 0.717) is 28.0 Å². The lowest BCUT2D eigenvalue weighted by Crippen LogP contribution is -2.04. The third kappa shape index (κ3) is 7.35. The number of aryl methyl sites for hydroxylation is 2. The van der Waals surface area contributed by atoms with Gasteiger partial charge in [-0.25, -0.2) is 0 Å². The topological polar surface area (TPSA) is 13.1 Å². The summed E-state index contributed by atoms with van der Waals surface area (Å²) in [6.45, 7) is 4.25. The SMILES string of the molecule is CCCCc1ccc(-c2oc(-c3ccc(C(F)(F)F)cc3)c(-c3ccc(C(F)(F)F)cc3)c2-c2ccc(CCCC)cc2)cc1. The fraction of sp³-hybridized carbons (Fsp3) is 0.263. The fourth-order valence-electron chi connectivity index (χ4n) is 5.45. The highest BCUT2D eigenvalue weighted by Crippen LogP contribution is 2.49. The van der Waals surface area contributed by atoms with Crippen LogP contribution in [0.5, 0.6) is 0 Å². The van der Waals surface area contributed by atoms with E-state index in [1.807, 2.05) is 48.5 Å². The lowest BCUT2D eigenvalue weighted by Gasteiger charge is -2.12. The molecule has 0 unspecified atom stereocenters. The molecule has 1 aromatic heterocycles. The number of hydrogen-bond acceptors (Lipinski definition) is 1. The van der Waals surface area contributed by atoms with E-state index in [1.54, 1.807) is 0 Å². The average Bonchev–Trinajstić information content (AvgIpc) is 3.43. The predicted octanol–water partition coefficient (Wildman–Crippen LogP) is 12.7. The molecule has 0 aliphatic carbocycles. The number of benzene rings is 4.